The van der Waals surface area contributed by atoms with E-state index < -0.39 is 32.4 Å². The standard InChI is InChI=1S/C16H22ClFN2O4S/c1-16(2,3)24-15(21)20-9-7-11(8-10-20)19-25(22,23)13-6-4-5-12(17)14(13)18/h4-6,11,19H,7-10H2,1-3H3. The molecule has 1 aromatic carbocycles. The third kappa shape index (κ3) is 5.29. The topological polar surface area (TPSA) is 75.7 Å². The van der Waals surface area contributed by atoms with Crippen molar-refractivity contribution in [1.29, 1.82) is 0 Å². The van der Waals surface area contributed by atoms with Gasteiger partial charge in [-0.05, 0) is 45.7 Å². The number of benzene rings is 1. The van der Waals surface area contributed by atoms with Gasteiger partial charge in [-0.1, -0.05) is 17.7 Å². The number of nitrogens with zero attached hydrogens (tertiary/aromatic N) is 1. The van der Waals surface area contributed by atoms with Crippen molar-refractivity contribution in [1.82, 2.24) is 9.62 Å². The molecule has 0 atom stereocenters. The van der Waals surface area contributed by atoms with Crippen molar-refractivity contribution in [2.24, 2.45) is 0 Å². The molecule has 0 bridgehead atoms. The molecule has 1 amide bonds. The molecule has 0 spiro atoms. The van der Waals surface area contributed by atoms with Crippen LogP contribution in [-0.4, -0.2) is 44.1 Å². The molecule has 140 valence electrons. The Morgan fingerprint density at radius 1 is 1.32 bits per heavy atom. The van der Waals surface area contributed by atoms with Gasteiger partial charge in [0, 0.05) is 19.1 Å². The Hall–Kier alpha value is -1.38. The maximum atomic E-state index is 14.0. The van der Waals surface area contributed by atoms with E-state index in [0.29, 0.717) is 25.9 Å². The molecule has 1 fully saturated rings. The number of carbonyl (C=O) groups is 1. The highest BCUT2D eigenvalue weighted by Gasteiger charge is 2.30. The lowest BCUT2D eigenvalue weighted by Crippen LogP contribution is -2.47. The molecule has 1 aliphatic rings. The van der Waals surface area contributed by atoms with Crippen molar-refractivity contribution in [3.8, 4) is 0 Å². The summed E-state index contributed by atoms with van der Waals surface area (Å²) < 4.78 is 46.5. The average Bonchev–Trinajstić information content (AvgIpc) is 2.48. The van der Waals surface area contributed by atoms with Gasteiger partial charge in [0.15, 0.2) is 5.82 Å². The smallest absolute Gasteiger partial charge is 0.410 e. The summed E-state index contributed by atoms with van der Waals surface area (Å²) in [5, 5.41) is -0.248. The summed E-state index contributed by atoms with van der Waals surface area (Å²) in [7, 11) is -4.02. The highest BCUT2D eigenvalue weighted by molar-refractivity contribution is 7.89. The lowest BCUT2D eigenvalue weighted by atomic mass is 10.1. The van der Waals surface area contributed by atoms with Crippen molar-refractivity contribution in [3.63, 3.8) is 0 Å². The molecule has 0 aromatic heterocycles. The summed E-state index contributed by atoms with van der Waals surface area (Å²) in [6.45, 7) is 6.07. The number of rotatable bonds is 3. The molecular weight excluding hydrogens is 371 g/mol. The lowest BCUT2D eigenvalue weighted by Gasteiger charge is -2.33. The van der Waals surface area contributed by atoms with Crippen LogP contribution in [0.4, 0.5) is 9.18 Å². The molecule has 0 saturated carbocycles. The maximum absolute atomic E-state index is 14.0. The predicted octanol–water partition coefficient (Wildman–Crippen LogP) is 3.16. The molecule has 0 aliphatic carbocycles. The van der Waals surface area contributed by atoms with Crippen molar-refractivity contribution >= 4 is 27.7 Å². The van der Waals surface area contributed by atoms with Gasteiger partial charge in [0.05, 0.1) is 5.02 Å². The molecule has 1 aliphatic heterocycles. The average molecular weight is 393 g/mol. The van der Waals surface area contributed by atoms with Crippen molar-refractivity contribution in [2.45, 2.75) is 50.2 Å². The van der Waals surface area contributed by atoms with Crippen LogP contribution in [0, 0.1) is 5.82 Å². The fourth-order valence-corrected chi connectivity index (χ4v) is 4.12. The first-order valence-electron chi connectivity index (χ1n) is 7.94. The van der Waals surface area contributed by atoms with E-state index in [4.69, 9.17) is 16.3 Å². The summed E-state index contributed by atoms with van der Waals surface area (Å²) in [6.07, 6.45) is 0.413. The van der Waals surface area contributed by atoms with E-state index in [0.717, 1.165) is 0 Å². The van der Waals surface area contributed by atoms with Gasteiger partial charge in [0.1, 0.15) is 10.5 Å². The largest absolute Gasteiger partial charge is 0.444 e. The second kappa shape index (κ2) is 7.47. The molecular formula is C16H22ClFN2O4S. The number of amides is 1. The number of piperidine rings is 1. The van der Waals surface area contributed by atoms with Gasteiger partial charge in [-0.2, -0.15) is 0 Å². The summed E-state index contributed by atoms with van der Waals surface area (Å²) in [5.74, 6) is -0.970. The normalized spacial score (nSPS) is 16.8. The number of nitrogens with one attached hydrogen (secondary N) is 1. The lowest BCUT2D eigenvalue weighted by molar-refractivity contribution is 0.0203. The minimum absolute atomic E-state index is 0.248. The molecule has 25 heavy (non-hydrogen) atoms. The van der Waals surface area contributed by atoms with Gasteiger partial charge < -0.3 is 9.64 Å². The first-order chi connectivity index (χ1) is 11.5. The molecule has 1 heterocycles. The second-order valence-corrected chi connectivity index (χ2v) is 9.00. The summed E-state index contributed by atoms with van der Waals surface area (Å²) >= 11 is 5.64. The minimum Gasteiger partial charge on any atom is -0.444 e. The quantitative estimate of drug-likeness (QED) is 0.857. The predicted molar refractivity (Wildman–Crippen MR) is 92.6 cm³/mol. The zero-order chi connectivity index (χ0) is 18.8. The van der Waals surface area contributed by atoms with Crippen molar-refractivity contribution < 1.29 is 22.3 Å². The van der Waals surface area contributed by atoms with Crippen LogP contribution in [0.1, 0.15) is 33.6 Å². The third-order valence-electron chi connectivity index (χ3n) is 3.67. The minimum atomic E-state index is -4.02. The van der Waals surface area contributed by atoms with Crippen molar-refractivity contribution in [3.05, 3.63) is 29.0 Å². The van der Waals surface area contributed by atoms with E-state index in [1.165, 1.54) is 23.1 Å². The van der Waals surface area contributed by atoms with Crippen LogP contribution in [0.15, 0.2) is 23.1 Å². The molecule has 2 rings (SSSR count). The molecule has 1 aromatic rings. The summed E-state index contributed by atoms with van der Waals surface area (Å²) in [5.41, 5.74) is -0.584. The Morgan fingerprint density at radius 2 is 1.92 bits per heavy atom. The van der Waals surface area contributed by atoms with Gasteiger partial charge in [0.25, 0.3) is 0 Å². The van der Waals surface area contributed by atoms with Crippen LogP contribution in [0.5, 0.6) is 0 Å². The summed E-state index contributed by atoms with van der Waals surface area (Å²) in [6, 6.07) is 3.45. The first kappa shape index (κ1) is 19.9. The van der Waals surface area contributed by atoms with Gasteiger partial charge in [-0.25, -0.2) is 22.3 Å². The fourth-order valence-electron chi connectivity index (χ4n) is 2.48. The van der Waals surface area contributed by atoms with Gasteiger partial charge in [-0.3, -0.25) is 0 Å². The van der Waals surface area contributed by atoms with Crippen LogP contribution in [-0.2, 0) is 14.8 Å². The van der Waals surface area contributed by atoms with Crippen LogP contribution in [0.3, 0.4) is 0 Å². The van der Waals surface area contributed by atoms with Crippen LogP contribution >= 0.6 is 11.6 Å². The highest BCUT2D eigenvalue weighted by Crippen LogP contribution is 2.23. The SMILES string of the molecule is CC(C)(C)OC(=O)N1CCC(NS(=O)(=O)c2cccc(Cl)c2F)CC1. The Bertz CT molecular complexity index is 741. The molecule has 1 saturated heterocycles. The Balaban J connectivity index is 1.98. The molecule has 6 nitrogen and oxygen atoms in total. The van der Waals surface area contributed by atoms with Crippen molar-refractivity contribution in [2.75, 3.05) is 13.1 Å². The zero-order valence-electron chi connectivity index (χ0n) is 14.4. The molecule has 0 radical (unpaired) electrons. The molecule has 0 unspecified atom stereocenters. The fraction of sp³-hybridized carbons (Fsp3) is 0.562. The van der Waals surface area contributed by atoms with Crippen LogP contribution in [0.2, 0.25) is 5.02 Å². The van der Waals surface area contributed by atoms with Gasteiger partial charge >= 0.3 is 6.09 Å². The Kier molecular flexibility index (Phi) is 5.96. The van der Waals surface area contributed by atoms with E-state index in [1.807, 2.05) is 0 Å². The Labute approximate surface area is 152 Å². The zero-order valence-corrected chi connectivity index (χ0v) is 16.0. The van der Waals surface area contributed by atoms with E-state index in [2.05, 4.69) is 4.72 Å². The van der Waals surface area contributed by atoms with Crippen LogP contribution in [0.25, 0.3) is 0 Å². The molecule has 1 N–H and O–H groups in total. The number of ether oxygens (including phenoxy) is 1. The van der Waals surface area contributed by atoms with E-state index >= 15 is 0 Å². The third-order valence-corrected chi connectivity index (χ3v) is 5.50. The maximum Gasteiger partial charge on any atom is 0.410 e. The van der Waals surface area contributed by atoms with E-state index in [1.54, 1.807) is 20.8 Å². The Morgan fingerprint density at radius 3 is 2.48 bits per heavy atom. The highest BCUT2D eigenvalue weighted by atomic mass is 35.5. The van der Waals surface area contributed by atoms with E-state index in [-0.39, 0.29) is 11.1 Å². The number of halogens is 2. The van der Waals surface area contributed by atoms with Gasteiger partial charge in [-0.15, -0.1) is 0 Å². The van der Waals surface area contributed by atoms with E-state index in [9.17, 15) is 17.6 Å². The number of hydrogen-bond acceptors (Lipinski definition) is 4. The number of sulfonamides is 1. The molecule has 9 heteroatoms. The van der Waals surface area contributed by atoms with Gasteiger partial charge in [0.2, 0.25) is 10.0 Å². The first-order valence-corrected chi connectivity index (χ1v) is 9.80. The number of hydrogen-bond donors (Lipinski definition) is 1. The van der Waals surface area contributed by atoms with Crippen LogP contribution < -0.4 is 4.72 Å². The monoisotopic (exact) mass is 392 g/mol. The second-order valence-electron chi connectivity index (χ2n) is 6.91. The number of carbonyl (C=O) groups excluding carboxylic acids is 1. The summed E-state index contributed by atoms with van der Waals surface area (Å²) in [4.78, 5) is 13.1. The number of likely N-dealkylation sites (tertiary alicyclic amines) is 1.